The molecule has 1 aromatic heterocycles. The Balaban J connectivity index is 2.28. The standard InChI is InChI=1S/C8H10N4O3/c13-6(2-1-3-7(14)15)11-8-9-4-5-10-12-8/h4-5H,1-3H2,(H,14,15)(H,9,11,12,13). The SMILES string of the molecule is O=C(O)CCCC(=O)Nc1nccnn1. The summed E-state index contributed by atoms with van der Waals surface area (Å²) in [6.45, 7) is 0. The molecule has 0 radical (unpaired) electrons. The van der Waals surface area contributed by atoms with Crippen LogP contribution < -0.4 is 5.32 Å². The van der Waals surface area contributed by atoms with Crippen molar-refractivity contribution in [2.24, 2.45) is 0 Å². The van der Waals surface area contributed by atoms with Crippen molar-refractivity contribution >= 4 is 17.8 Å². The average Bonchev–Trinajstić information content (AvgIpc) is 2.18. The molecule has 0 saturated carbocycles. The van der Waals surface area contributed by atoms with Crippen LogP contribution in [0.2, 0.25) is 0 Å². The fraction of sp³-hybridized carbons (Fsp3) is 0.375. The zero-order valence-corrected chi connectivity index (χ0v) is 7.88. The Hall–Kier alpha value is -2.05. The maximum absolute atomic E-state index is 11.2. The zero-order chi connectivity index (χ0) is 11.1. The molecule has 1 amide bonds. The average molecular weight is 210 g/mol. The quantitative estimate of drug-likeness (QED) is 0.712. The van der Waals surface area contributed by atoms with E-state index in [0.717, 1.165) is 0 Å². The highest BCUT2D eigenvalue weighted by Crippen LogP contribution is 1.99. The van der Waals surface area contributed by atoms with E-state index in [1.165, 1.54) is 12.4 Å². The Labute approximate surface area is 85.6 Å². The number of nitrogens with one attached hydrogen (secondary N) is 1. The number of rotatable bonds is 5. The molecule has 1 rings (SSSR count). The van der Waals surface area contributed by atoms with E-state index >= 15 is 0 Å². The van der Waals surface area contributed by atoms with Crippen molar-refractivity contribution in [1.29, 1.82) is 0 Å². The number of amides is 1. The summed E-state index contributed by atoms with van der Waals surface area (Å²) in [5.41, 5.74) is 0. The molecule has 7 heteroatoms. The van der Waals surface area contributed by atoms with Crippen LogP contribution in [0.15, 0.2) is 12.4 Å². The minimum absolute atomic E-state index is 0.0265. The maximum Gasteiger partial charge on any atom is 0.303 e. The Morgan fingerprint density at radius 3 is 2.73 bits per heavy atom. The molecule has 1 heterocycles. The van der Waals surface area contributed by atoms with E-state index in [4.69, 9.17) is 5.11 Å². The van der Waals surface area contributed by atoms with Gasteiger partial charge in [0.1, 0.15) is 0 Å². The summed E-state index contributed by atoms with van der Waals surface area (Å²) in [6.07, 6.45) is 3.19. The summed E-state index contributed by atoms with van der Waals surface area (Å²) >= 11 is 0. The first kappa shape index (κ1) is 11.0. The van der Waals surface area contributed by atoms with Crippen molar-refractivity contribution in [3.8, 4) is 0 Å². The Kier molecular flexibility index (Phi) is 4.14. The van der Waals surface area contributed by atoms with Crippen LogP contribution in [0, 0.1) is 0 Å². The van der Waals surface area contributed by atoms with Gasteiger partial charge in [0.2, 0.25) is 11.9 Å². The van der Waals surface area contributed by atoms with Crippen LogP contribution >= 0.6 is 0 Å². The number of anilines is 1. The van der Waals surface area contributed by atoms with Gasteiger partial charge < -0.3 is 5.11 Å². The van der Waals surface area contributed by atoms with Crippen molar-refractivity contribution in [2.45, 2.75) is 19.3 Å². The molecular formula is C8H10N4O3. The normalized spacial score (nSPS) is 9.60. The highest BCUT2D eigenvalue weighted by molar-refractivity contribution is 5.88. The van der Waals surface area contributed by atoms with Crippen LogP contribution in [-0.2, 0) is 9.59 Å². The minimum Gasteiger partial charge on any atom is -0.481 e. The van der Waals surface area contributed by atoms with E-state index < -0.39 is 5.97 Å². The lowest BCUT2D eigenvalue weighted by atomic mass is 10.2. The maximum atomic E-state index is 11.2. The van der Waals surface area contributed by atoms with E-state index in [-0.39, 0.29) is 24.7 Å². The summed E-state index contributed by atoms with van der Waals surface area (Å²) in [7, 11) is 0. The number of carbonyl (C=O) groups excluding carboxylic acids is 1. The van der Waals surface area contributed by atoms with Gasteiger partial charge in [0.05, 0.1) is 12.4 Å². The number of carbonyl (C=O) groups is 2. The predicted octanol–water partition coefficient (Wildman–Crippen LogP) is 0.0650. The van der Waals surface area contributed by atoms with Gasteiger partial charge in [-0.2, -0.15) is 5.10 Å². The number of aliphatic carboxylic acids is 1. The molecule has 0 spiro atoms. The van der Waals surface area contributed by atoms with Crippen molar-refractivity contribution in [3.05, 3.63) is 12.4 Å². The van der Waals surface area contributed by atoms with Crippen molar-refractivity contribution in [3.63, 3.8) is 0 Å². The topological polar surface area (TPSA) is 105 Å². The Bertz CT molecular complexity index is 341. The van der Waals surface area contributed by atoms with E-state index in [1.807, 2.05) is 0 Å². The van der Waals surface area contributed by atoms with Gasteiger partial charge in [-0.05, 0) is 6.42 Å². The summed E-state index contributed by atoms with van der Waals surface area (Å²) in [5.74, 6) is -1.11. The second-order valence-corrected chi connectivity index (χ2v) is 2.76. The lowest BCUT2D eigenvalue weighted by Gasteiger charge is -2.00. The summed E-state index contributed by atoms with van der Waals surface area (Å²) in [5, 5.41) is 17.8. The largest absolute Gasteiger partial charge is 0.481 e. The molecule has 15 heavy (non-hydrogen) atoms. The summed E-state index contributed by atoms with van der Waals surface area (Å²) in [4.78, 5) is 25.1. The van der Waals surface area contributed by atoms with Gasteiger partial charge in [-0.3, -0.25) is 14.9 Å². The molecule has 0 unspecified atom stereocenters. The highest BCUT2D eigenvalue weighted by Gasteiger charge is 2.05. The van der Waals surface area contributed by atoms with Gasteiger partial charge >= 0.3 is 5.97 Å². The molecule has 2 N–H and O–H groups in total. The molecule has 0 saturated heterocycles. The van der Waals surface area contributed by atoms with Crippen molar-refractivity contribution in [1.82, 2.24) is 15.2 Å². The van der Waals surface area contributed by atoms with Crippen LogP contribution in [0.1, 0.15) is 19.3 Å². The zero-order valence-electron chi connectivity index (χ0n) is 7.88. The summed E-state index contributed by atoms with van der Waals surface area (Å²) < 4.78 is 0. The number of carboxylic acid groups (broad SMARTS) is 1. The van der Waals surface area contributed by atoms with Crippen LogP contribution in [0.4, 0.5) is 5.95 Å². The van der Waals surface area contributed by atoms with Crippen LogP contribution in [0.3, 0.4) is 0 Å². The van der Waals surface area contributed by atoms with Gasteiger partial charge in [0, 0.05) is 12.8 Å². The number of carboxylic acids is 1. The number of aromatic nitrogens is 3. The van der Waals surface area contributed by atoms with Crippen molar-refractivity contribution < 1.29 is 14.7 Å². The molecule has 0 aromatic carbocycles. The number of hydrogen-bond donors (Lipinski definition) is 2. The monoisotopic (exact) mass is 210 g/mol. The number of nitrogens with zero attached hydrogens (tertiary/aromatic N) is 3. The molecular weight excluding hydrogens is 200 g/mol. The second kappa shape index (κ2) is 5.63. The molecule has 7 nitrogen and oxygen atoms in total. The number of hydrogen-bond acceptors (Lipinski definition) is 5. The van der Waals surface area contributed by atoms with Gasteiger partial charge in [0.25, 0.3) is 0 Å². The smallest absolute Gasteiger partial charge is 0.303 e. The molecule has 0 bridgehead atoms. The van der Waals surface area contributed by atoms with Gasteiger partial charge in [0.15, 0.2) is 0 Å². The lowest BCUT2D eigenvalue weighted by Crippen LogP contribution is -2.14. The van der Waals surface area contributed by atoms with Gasteiger partial charge in [-0.25, -0.2) is 4.98 Å². The molecule has 0 atom stereocenters. The lowest BCUT2D eigenvalue weighted by molar-refractivity contribution is -0.137. The van der Waals surface area contributed by atoms with E-state index in [9.17, 15) is 9.59 Å². The van der Waals surface area contributed by atoms with Crippen LogP contribution in [-0.4, -0.2) is 32.2 Å². The van der Waals surface area contributed by atoms with Crippen LogP contribution in [0.25, 0.3) is 0 Å². The molecule has 80 valence electrons. The fourth-order valence-electron chi connectivity index (χ4n) is 0.892. The summed E-state index contributed by atoms with van der Waals surface area (Å²) in [6, 6.07) is 0. The Morgan fingerprint density at radius 1 is 1.33 bits per heavy atom. The molecule has 0 aliphatic heterocycles. The third kappa shape index (κ3) is 4.65. The van der Waals surface area contributed by atoms with Crippen LogP contribution in [0.5, 0.6) is 0 Å². The van der Waals surface area contributed by atoms with Gasteiger partial charge in [-0.15, -0.1) is 5.10 Å². The molecule has 1 aromatic rings. The fourth-order valence-corrected chi connectivity index (χ4v) is 0.892. The Morgan fingerprint density at radius 2 is 2.13 bits per heavy atom. The van der Waals surface area contributed by atoms with Gasteiger partial charge in [-0.1, -0.05) is 0 Å². The second-order valence-electron chi connectivity index (χ2n) is 2.76. The first-order valence-electron chi connectivity index (χ1n) is 4.34. The predicted molar refractivity (Wildman–Crippen MR) is 49.9 cm³/mol. The third-order valence-electron chi connectivity index (χ3n) is 1.53. The first-order chi connectivity index (χ1) is 7.18. The minimum atomic E-state index is -0.916. The van der Waals surface area contributed by atoms with E-state index in [2.05, 4.69) is 20.5 Å². The van der Waals surface area contributed by atoms with E-state index in [0.29, 0.717) is 6.42 Å². The highest BCUT2D eigenvalue weighted by atomic mass is 16.4. The first-order valence-corrected chi connectivity index (χ1v) is 4.34. The van der Waals surface area contributed by atoms with E-state index in [1.54, 1.807) is 0 Å². The third-order valence-corrected chi connectivity index (χ3v) is 1.53. The molecule has 0 fully saturated rings. The molecule has 0 aliphatic rings. The van der Waals surface area contributed by atoms with Crippen molar-refractivity contribution in [2.75, 3.05) is 5.32 Å². The molecule has 0 aliphatic carbocycles.